The number of nitrogens with one attached hydrogen (secondary N) is 3. The van der Waals surface area contributed by atoms with Gasteiger partial charge in [0, 0.05) is 43.2 Å². The van der Waals surface area contributed by atoms with Gasteiger partial charge in [-0.1, -0.05) is 44.2 Å². The van der Waals surface area contributed by atoms with Crippen LogP contribution in [0.5, 0.6) is 0 Å². The van der Waals surface area contributed by atoms with Crippen LogP contribution in [0.25, 0.3) is 16.7 Å². The van der Waals surface area contributed by atoms with Crippen LogP contribution in [0.4, 0.5) is 23.8 Å². The second-order valence-electron chi connectivity index (χ2n) is 13.7. The highest BCUT2D eigenvalue weighted by Gasteiger charge is 2.57. The van der Waals surface area contributed by atoms with Crippen molar-refractivity contribution in [1.82, 2.24) is 25.5 Å². The van der Waals surface area contributed by atoms with Crippen molar-refractivity contribution in [1.29, 1.82) is 0 Å². The van der Waals surface area contributed by atoms with E-state index in [1.807, 2.05) is 32.0 Å². The molecule has 2 aromatic carbocycles. The number of ether oxygens (including phenoxy) is 1. The van der Waals surface area contributed by atoms with E-state index in [2.05, 4.69) is 20.9 Å². The van der Waals surface area contributed by atoms with Gasteiger partial charge < -0.3 is 30.7 Å². The van der Waals surface area contributed by atoms with Gasteiger partial charge in [-0.05, 0) is 43.0 Å². The molecule has 0 bridgehead atoms. The quantitative estimate of drug-likeness (QED) is 0.169. The van der Waals surface area contributed by atoms with Gasteiger partial charge in [0.25, 0.3) is 0 Å². The third kappa shape index (κ3) is 7.95. The van der Waals surface area contributed by atoms with Crippen molar-refractivity contribution in [2.45, 2.75) is 51.9 Å². The van der Waals surface area contributed by atoms with Crippen LogP contribution >= 0.6 is 0 Å². The van der Waals surface area contributed by atoms with Gasteiger partial charge in [-0.15, -0.1) is 0 Å². The summed E-state index contributed by atoms with van der Waals surface area (Å²) in [6, 6.07) is 10.3. The Balaban J connectivity index is 1.12. The highest BCUT2D eigenvalue weighted by Crippen LogP contribution is 2.47. The zero-order chi connectivity index (χ0) is 38.1. The molecule has 16 heteroatoms. The van der Waals surface area contributed by atoms with Crippen LogP contribution in [0, 0.1) is 35.2 Å². The van der Waals surface area contributed by atoms with Gasteiger partial charge in [0.05, 0.1) is 11.1 Å². The second-order valence-corrected chi connectivity index (χ2v) is 13.7. The number of hydrogen-bond acceptors (Lipinski definition) is 8. The van der Waals surface area contributed by atoms with Crippen LogP contribution < -0.4 is 26.3 Å². The highest BCUT2D eigenvalue weighted by atomic mass is 19.1. The van der Waals surface area contributed by atoms with Gasteiger partial charge in [0.1, 0.15) is 35.9 Å². The predicted molar refractivity (Wildman–Crippen MR) is 186 cm³/mol. The maximum atomic E-state index is 15.5. The van der Waals surface area contributed by atoms with Crippen LogP contribution in [-0.2, 0) is 20.9 Å². The first-order valence-electron chi connectivity index (χ1n) is 17.0. The van der Waals surface area contributed by atoms with Gasteiger partial charge in [-0.25, -0.2) is 27.7 Å². The number of hydrogen-bond donors (Lipinski definition) is 4. The Kier molecular flexibility index (Phi) is 10.4. The zero-order valence-corrected chi connectivity index (χ0v) is 28.9. The van der Waals surface area contributed by atoms with Gasteiger partial charge in [0.15, 0.2) is 17.3 Å². The van der Waals surface area contributed by atoms with E-state index in [1.54, 1.807) is 17.0 Å². The van der Waals surface area contributed by atoms with Crippen molar-refractivity contribution in [3.8, 4) is 5.69 Å². The summed E-state index contributed by atoms with van der Waals surface area (Å²) in [7, 11) is 0. The molecule has 1 saturated heterocycles. The van der Waals surface area contributed by atoms with Crippen molar-refractivity contribution in [2.24, 2.45) is 17.8 Å². The number of nitrogens with zero attached hydrogens (tertiary/aromatic N) is 3. The van der Waals surface area contributed by atoms with E-state index in [4.69, 9.17) is 4.74 Å². The maximum Gasteiger partial charge on any atom is 0.408 e. The number of benzene rings is 2. The van der Waals surface area contributed by atoms with Gasteiger partial charge in [-0.2, -0.15) is 0 Å². The topological polar surface area (TPSA) is 172 Å². The molecule has 278 valence electrons. The monoisotopic (exact) mass is 734 g/mol. The summed E-state index contributed by atoms with van der Waals surface area (Å²) in [6.45, 7) is 5.83. The van der Waals surface area contributed by atoms with E-state index < -0.39 is 69.8 Å². The number of rotatable bonds is 12. The van der Waals surface area contributed by atoms with Crippen molar-refractivity contribution in [3.05, 3.63) is 99.6 Å². The molecule has 6 rings (SSSR count). The van der Waals surface area contributed by atoms with Crippen LogP contribution in [0.1, 0.15) is 43.1 Å². The first-order valence-corrected chi connectivity index (χ1v) is 17.0. The van der Waals surface area contributed by atoms with Gasteiger partial charge in [-0.3, -0.25) is 19.0 Å². The minimum absolute atomic E-state index is 0.0226. The molecule has 0 unspecified atom stereocenters. The lowest BCUT2D eigenvalue weighted by Gasteiger charge is -2.25. The molecular weight excluding hydrogens is 697 g/mol. The third-order valence-corrected chi connectivity index (χ3v) is 9.40. The van der Waals surface area contributed by atoms with E-state index in [1.165, 1.54) is 6.92 Å². The number of pyridine rings is 2. The Morgan fingerprint density at radius 3 is 2.28 bits per heavy atom. The molecule has 13 nitrogen and oxygen atoms in total. The SMILES string of the molecule is CC(C)C[C@H](NC(=O)[C@H](C)NC(=O)OCc1ccccc1)C(=O)N[C@H]1[C@@H]2CN(c3nc4c(cc3F)c(=O)c(C(=O)O)cn4-c3ccc(F)cc3F)C[C@@H]21. The summed E-state index contributed by atoms with van der Waals surface area (Å²) in [5, 5.41) is 17.4. The smallest absolute Gasteiger partial charge is 0.408 e. The number of anilines is 1. The number of fused-ring (bicyclic) bond motifs is 2. The number of halogens is 3. The number of carboxylic acid groups (broad SMARTS) is 1. The first-order chi connectivity index (χ1) is 25.2. The lowest BCUT2D eigenvalue weighted by Crippen LogP contribution is -2.54. The predicted octanol–water partition coefficient (Wildman–Crippen LogP) is 3.90. The Morgan fingerprint density at radius 1 is 0.943 bits per heavy atom. The molecular formula is C37H37F3N6O7. The normalized spacial score (nSPS) is 18.6. The standard InChI is InChI=1S/C37H37F3N6O7/c1-18(2)11-28(42-34(48)19(3)41-37(52)53-17-20-7-5-4-6-8-20)35(49)43-30-23-14-45(15-24(23)30)33-27(40)13-22-31(47)25(36(50)51)16-46(32(22)44-33)29-10-9-21(38)12-26(29)39/h4-10,12-13,16,18-19,23-24,28,30H,11,14-15,17H2,1-3H3,(H,41,52)(H,42,48)(H,43,49)(H,50,51)/t19-,23-,24+,28-,30+/m0/s1. The molecule has 1 saturated carbocycles. The summed E-state index contributed by atoms with van der Waals surface area (Å²) < 4.78 is 50.3. The third-order valence-electron chi connectivity index (χ3n) is 9.40. The van der Waals surface area contributed by atoms with E-state index >= 15 is 4.39 Å². The molecule has 0 radical (unpaired) electrons. The van der Waals surface area contributed by atoms with Crippen LogP contribution in [0.3, 0.4) is 0 Å². The van der Waals surface area contributed by atoms with Crippen LogP contribution in [-0.4, -0.2) is 69.7 Å². The van der Waals surface area contributed by atoms with Crippen molar-refractivity contribution in [3.63, 3.8) is 0 Å². The van der Waals surface area contributed by atoms with E-state index in [0.29, 0.717) is 12.5 Å². The average Bonchev–Trinajstić information content (AvgIpc) is 3.52. The summed E-state index contributed by atoms with van der Waals surface area (Å²) in [6.07, 6.45) is 0.402. The molecule has 0 spiro atoms. The Hall–Kier alpha value is -5.93. The summed E-state index contributed by atoms with van der Waals surface area (Å²) in [5.74, 6) is -5.77. The number of piperidine rings is 1. The summed E-state index contributed by atoms with van der Waals surface area (Å²) in [5.41, 5.74) is -1.52. The molecule has 4 N–H and O–H groups in total. The Morgan fingerprint density at radius 2 is 1.64 bits per heavy atom. The molecule has 2 fully saturated rings. The van der Waals surface area contributed by atoms with Gasteiger partial charge >= 0.3 is 12.1 Å². The first kappa shape index (κ1) is 36.8. The zero-order valence-electron chi connectivity index (χ0n) is 28.9. The van der Waals surface area contributed by atoms with Crippen molar-refractivity contribution >= 4 is 40.7 Å². The fourth-order valence-corrected chi connectivity index (χ4v) is 6.63. The number of aromatic nitrogens is 2. The fraction of sp³-hybridized carbons (Fsp3) is 0.351. The van der Waals surface area contributed by atoms with Crippen molar-refractivity contribution < 1.29 is 42.2 Å². The molecule has 4 aromatic rings. The number of aromatic carboxylic acids is 1. The maximum absolute atomic E-state index is 15.5. The molecule has 1 aliphatic heterocycles. The summed E-state index contributed by atoms with van der Waals surface area (Å²) >= 11 is 0. The van der Waals surface area contributed by atoms with Crippen LogP contribution in [0.2, 0.25) is 0 Å². The lowest BCUT2D eigenvalue weighted by molar-refractivity contribution is -0.130. The second kappa shape index (κ2) is 15.0. The van der Waals surface area contributed by atoms with Gasteiger partial charge in [0.2, 0.25) is 17.2 Å². The molecule has 5 atom stereocenters. The minimum atomic E-state index is -1.62. The van der Waals surface area contributed by atoms with E-state index in [0.717, 1.165) is 34.5 Å². The Labute approximate surface area is 301 Å². The molecule has 3 heterocycles. The number of carbonyl (C=O) groups is 4. The number of carbonyl (C=O) groups excluding carboxylic acids is 3. The number of carboxylic acids is 1. The largest absolute Gasteiger partial charge is 0.477 e. The fourth-order valence-electron chi connectivity index (χ4n) is 6.63. The average molecular weight is 735 g/mol. The lowest BCUT2D eigenvalue weighted by atomic mass is 10.0. The van der Waals surface area contributed by atoms with Crippen molar-refractivity contribution in [2.75, 3.05) is 18.0 Å². The number of amides is 3. The minimum Gasteiger partial charge on any atom is -0.477 e. The summed E-state index contributed by atoms with van der Waals surface area (Å²) in [4.78, 5) is 69.4. The number of alkyl carbamates (subject to hydrolysis) is 1. The molecule has 53 heavy (non-hydrogen) atoms. The molecule has 1 aliphatic carbocycles. The van der Waals surface area contributed by atoms with Crippen LogP contribution in [0.15, 0.2) is 65.6 Å². The van der Waals surface area contributed by atoms with E-state index in [-0.39, 0.29) is 60.6 Å². The molecule has 2 aliphatic rings. The van der Waals surface area contributed by atoms with E-state index in [9.17, 15) is 37.9 Å². The highest BCUT2D eigenvalue weighted by molar-refractivity contribution is 5.93. The molecule has 3 amide bonds. The Bertz CT molecular complexity index is 2140. The molecule has 2 aromatic heterocycles.